The fraction of sp³-hybridized carbons (Fsp3) is 0.552. The van der Waals surface area contributed by atoms with E-state index in [4.69, 9.17) is 14.8 Å². The lowest BCUT2D eigenvalue weighted by Gasteiger charge is -2.39. The Bertz CT molecular complexity index is 1070. The molecule has 0 bridgehead atoms. The minimum atomic E-state index is -0.870. The number of ether oxygens (including phenoxy) is 1. The summed E-state index contributed by atoms with van der Waals surface area (Å²) in [6, 6.07) is 4.27. The third-order valence-corrected chi connectivity index (χ3v) is 6.81. The Morgan fingerprint density at radius 3 is 2.33 bits per heavy atom. The lowest BCUT2D eigenvalue weighted by Crippen LogP contribution is -2.43. The second kappa shape index (κ2) is 15.5. The van der Waals surface area contributed by atoms with Gasteiger partial charge >= 0.3 is 6.03 Å². The van der Waals surface area contributed by atoms with Crippen molar-refractivity contribution in [2.75, 3.05) is 42.4 Å². The number of aliphatic hydroxyl groups is 1. The fourth-order valence-electron chi connectivity index (χ4n) is 4.75. The Morgan fingerprint density at radius 1 is 1.15 bits per heavy atom. The molecule has 3 N–H and O–H groups in total. The predicted octanol–water partition coefficient (Wildman–Crippen LogP) is 5.90. The molecule has 1 saturated carbocycles. The number of hydrogen-bond donors (Lipinski definition) is 3. The molecule has 0 atom stereocenters. The van der Waals surface area contributed by atoms with Gasteiger partial charge in [0.05, 0.1) is 16.8 Å². The minimum Gasteiger partial charge on any atom is -0.400 e. The summed E-state index contributed by atoms with van der Waals surface area (Å²) in [4.78, 5) is 31.8. The standard InChI is InChI=1S/C26H32F2N4O3.C2H6.CH4O/c1-17(2)15-32(20-6-10-35-11-7-20)24-23(12-18(14-29-24)26(16-33)8-3-9-26)31-25(34)30-22-5-4-19(27)13-21(22)28;2*1-2/h4-5,12-14,16-17,20H,3,6-11,15H2,1-2H3,(H2,30,31,34);1-2H3;2H,1H3. The number of urea groups is 1. The number of hydrogen-bond acceptors (Lipinski definition) is 6. The van der Waals surface area contributed by atoms with Crippen LogP contribution in [0.1, 0.15) is 65.4 Å². The van der Waals surface area contributed by atoms with Gasteiger partial charge in [-0.3, -0.25) is 0 Å². The number of carbonyl (C=O) groups excluding carboxylic acids is 2. The molecule has 0 radical (unpaired) electrons. The van der Waals surface area contributed by atoms with Crippen molar-refractivity contribution in [2.24, 2.45) is 5.92 Å². The van der Waals surface area contributed by atoms with Crippen molar-refractivity contribution in [2.45, 2.75) is 71.3 Å². The summed E-state index contributed by atoms with van der Waals surface area (Å²) in [6.07, 6.45) is 6.80. The highest BCUT2D eigenvalue weighted by Gasteiger charge is 2.39. The highest BCUT2D eigenvalue weighted by Crippen LogP contribution is 2.43. The first-order valence-electron chi connectivity index (χ1n) is 13.6. The van der Waals surface area contributed by atoms with Gasteiger partial charge in [-0.05, 0) is 55.4 Å². The number of nitrogens with zero attached hydrogens (tertiary/aromatic N) is 2. The van der Waals surface area contributed by atoms with Crippen LogP contribution >= 0.6 is 0 Å². The molecule has 1 aromatic heterocycles. The molecule has 1 aliphatic heterocycles. The monoisotopic (exact) mass is 548 g/mol. The van der Waals surface area contributed by atoms with Crippen molar-refractivity contribution in [3.8, 4) is 0 Å². The summed E-state index contributed by atoms with van der Waals surface area (Å²) in [5.74, 6) is -0.662. The Labute approximate surface area is 230 Å². The van der Waals surface area contributed by atoms with Crippen molar-refractivity contribution in [1.82, 2.24) is 4.98 Å². The molecular weight excluding hydrogens is 506 g/mol. The van der Waals surface area contributed by atoms with Crippen LogP contribution in [0, 0.1) is 17.6 Å². The van der Waals surface area contributed by atoms with Crippen LogP contribution in [0.15, 0.2) is 30.5 Å². The molecule has 4 rings (SSSR count). The second-order valence-corrected chi connectivity index (χ2v) is 9.82. The van der Waals surface area contributed by atoms with Gasteiger partial charge in [-0.15, -0.1) is 0 Å². The molecule has 2 aromatic rings. The number of nitrogens with one attached hydrogen (secondary N) is 2. The number of aldehydes is 1. The molecule has 8 nitrogen and oxygen atoms in total. The van der Waals surface area contributed by atoms with Gasteiger partial charge in [0.1, 0.15) is 17.9 Å². The number of pyridine rings is 1. The fourth-order valence-corrected chi connectivity index (χ4v) is 4.75. The highest BCUT2D eigenvalue weighted by atomic mass is 19.1. The lowest BCUT2D eigenvalue weighted by molar-refractivity contribution is -0.115. The molecule has 2 heterocycles. The molecule has 2 fully saturated rings. The van der Waals surface area contributed by atoms with Gasteiger partial charge in [-0.25, -0.2) is 18.6 Å². The molecule has 216 valence electrons. The van der Waals surface area contributed by atoms with Crippen LogP contribution in [0.5, 0.6) is 0 Å². The normalized spacial score (nSPS) is 16.0. The van der Waals surface area contributed by atoms with Gasteiger partial charge in [0.25, 0.3) is 0 Å². The molecule has 0 spiro atoms. The third kappa shape index (κ3) is 8.19. The minimum absolute atomic E-state index is 0.138. The number of aromatic nitrogens is 1. The van der Waals surface area contributed by atoms with Gasteiger partial charge in [-0.1, -0.05) is 34.1 Å². The molecule has 39 heavy (non-hydrogen) atoms. The van der Waals surface area contributed by atoms with Crippen LogP contribution in [0.3, 0.4) is 0 Å². The molecule has 1 aliphatic carbocycles. The SMILES string of the molecule is CC.CC(C)CN(c1ncc(C2(C=O)CCC2)cc1NC(=O)Nc1ccc(F)cc1F)C1CCOCC1.CO. The number of carbonyl (C=O) groups is 2. The largest absolute Gasteiger partial charge is 0.400 e. The summed E-state index contributed by atoms with van der Waals surface area (Å²) in [5, 5.41) is 12.3. The number of amides is 2. The van der Waals surface area contributed by atoms with E-state index in [1.165, 1.54) is 6.07 Å². The van der Waals surface area contributed by atoms with E-state index >= 15 is 0 Å². The van der Waals surface area contributed by atoms with Gasteiger partial charge in [-0.2, -0.15) is 0 Å². The Hall–Kier alpha value is -3.11. The molecule has 2 amide bonds. The first-order valence-corrected chi connectivity index (χ1v) is 13.6. The van der Waals surface area contributed by atoms with Crippen molar-refractivity contribution in [3.05, 3.63) is 47.7 Å². The van der Waals surface area contributed by atoms with E-state index in [1.807, 2.05) is 19.9 Å². The van der Waals surface area contributed by atoms with Crippen LogP contribution in [-0.4, -0.2) is 55.3 Å². The summed E-state index contributed by atoms with van der Waals surface area (Å²) >= 11 is 0. The van der Waals surface area contributed by atoms with E-state index in [-0.39, 0.29) is 11.7 Å². The maximum atomic E-state index is 14.1. The quantitative estimate of drug-likeness (QED) is 0.355. The Balaban J connectivity index is 0.00000127. The van der Waals surface area contributed by atoms with Crippen molar-refractivity contribution < 1.29 is 28.2 Å². The Morgan fingerprint density at radius 2 is 1.79 bits per heavy atom. The Kier molecular flexibility index (Phi) is 12.7. The molecule has 0 unspecified atom stereocenters. The van der Waals surface area contributed by atoms with Crippen molar-refractivity contribution in [3.63, 3.8) is 0 Å². The van der Waals surface area contributed by atoms with Gasteiger partial charge in [0.15, 0.2) is 5.82 Å². The zero-order chi connectivity index (χ0) is 29.0. The zero-order valence-electron chi connectivity index (χ0n) is 23.6. The summed E-state index contributed by atoms with van der Waals surface area (Å²) < 4.78 is 32.9. The average Bonchev–Trinajstić information content (AvgIpc) is 2.92. The molecule has 1 aromatic carbocycles. The van der Waals surface area contributed by atoms with Gasteiger partial charge < -0.3 is 30.2 Å². The average molecular weight is 549 g/mol. The number of aliphatic hydroxyl groups excluding tert-OH is 1. The molecule has 10 heteroatoms. The van der Waals surface area contributed by atoms with E-state index in [0.717, 1.165) is 63.7 Å². The highest BCUT2D eigenvalue weighted by molar-refractivity contribution is 6.01. The summed E-state index contributed by atoms with van der Waals surface area (Å²) in [6.45, 7) is 10.3. The predicted molar refractivity (Wildman–Crippen MR) is 150 cm³/mol. The van der Waals surface area contributed by atoms with Crippen LogP contribution < -0.4 is 15.5 Å². The third-order valence-electron chi connectivity index (χ3n) is 6.81. The molecular formula is C29H42F2N4O4. The lowest BCUT2D eigenvalue weighted by atomic mass is 9.66. The van der Waals surface area contributed by atoms with E-state index in [9.17, 15) is 18.4 Å². The second-order valence-electron chi connectivity index (χ2n) is 9.82. The molecule has 1 saturated heterocycles. The van der Waals surface area contributed by atoms with E-state index in [0.29, 0.717) is 36.7 Å². The van der Waals surface area contributed by atoms with Crippen molar-refractivity contribution >= 4 is 29.5 Å². The van der Waals surface area contributed by atoms with Crippen LogP contribution in [-0.2, 0) is 14.9 Å². The summed E-state index contributed by atoms with van der Waals surface area (Å²) in [7, 11) is 1.00. The van der Waals surface area contributed by atoms with Gasteiger partial charge in [0.2, 0.25) is 0 Å². The number of benzene rings is 1. The van der Waals surface area contributed by atoms with E-state index in [2.05, 4.69) is 29.4 Å². The van der Waals surface area contributed by atoms with Crippen LogP contribution in [0.25, 0.3) is 0 Å². The van der Waals surface area contributed by atoms with Crippen molar-refractivity contribution in [1.29, 1.82) is 0 Å². The van der Waals surface area contributed by atoms with Crippen LogP contribution in [0.2, 0.25) is 0 Å². The first kappa shape index (κ1) is 32.1. The maximum absolute atomic E-state index is 14.1. The number of anilines is 3. The molecule has 2 aliphatic rings. The smallest absolute Gasteiger partial charge is 0.323 e. The number of rotatable bonds is 8. The summed E-state index contributed by atoms with van der Waals surface area (Å²) in [5.41, 5.74) is 0.467. The maximum Gasteiger partial charge on any atom is 0.323 e. The van der Waals surface area contributed by atoms with E-state index < -0.39 is 23.1 Å². The van der Waals surface area contributed by atoms with Gasteiger partial charge in [0, 0.05) is 45.2 Å². The zero-order valence-corrected chi connectivity index (χ0v) is 23.6. The van der Waals surface area contributed by atoms with E-state index in [1.54, 1.807) is 6.20 Å². The van der Waals surface area contributed by atoms with Crippen LogP contribution in [0.4, 0.5) is 30.8 Å². The first-order chi connectivity index (χ1) is 18.8. The topological polar surface area (TPSA) is 104 Å². The number of halogens is 2.